The van der Waals surface area contributed by atoms with E-state index in [0.29, 0.717) is 0 Å². The highest BCUT2D eigenvalue weighted by Gasteiger charge is 2.72. The van der Waals surface area contributed by atoms with Gasteiger partial charge in [-0.2, -0.15) is 39.5 Å². The van der Waals surface area contributed by atoms with Gasteiger partial charge >= 0.3 is 18.0 Å². The van der Waals surface area contributed by atoms with Gasteiger partial charge in [-0.1, -0.05) is 0 Å². The standard InChI is InChI=1S/C5F9/c6-2(7)1-3(8,9)4(10,11)5(12,13)14. The van der Waals surface area contributed by atoms with Gasteiger partial charge in [0, 0.05) is 0 Å². The second kappa shape index (κ2) is 3.35. The molecule has 0 atom stereocenters. The molecule has 0 rings (SSSR count). The lowest BCUT2D eigenvalue weighted by molar-refractivity contribution is -0.344. The highest BCUT2D eigenvalue weighted by atomic mass is 19.4. The second-order valence-corrected chi connectivity index (χ2v) is 2.03. The molecule has 0 heterocycles. The van der Waals surface area contributed by atoms with Gasteiger partial charge in [0.05, 0.1) is 0 Å². The number of hydrogen-bond donors (Lipinski definition) is 0. The van der Waals surface area contributed by atoms with E-state index in [1.807, 2.05) is 0 Å². The van der Waals surface area contributed by atoms with Gasteiger partial charge in [-0.05, 0) is 0 Å². The Morgan fingerprint density at radius 2 is 1.14 bits per heavy atom. The van der Waals surface area contributed by atoms with E-state index in [2.05, 4.69) is 0 Å². The van der Waals surface area contributed by atoms with Crippen LogP contribution in [-0.2, 0) is 0 Å². The Labute approximate surface area is 71.0 Å². The van der Waals surface area contributed by atoms with Crippen LogP contribution in [0, 0.1) is 6.08 Å². The summed E-state index contributed by atoms with van der Waals surface area (Å²) in [6.07, 6.45) is -10.6. The Kier molecular flexibility index (Phi) is 3.14. The lowest BCUT2D eigenvalue weighted by Gasteiger charge is -2.24. The summed E-state index contributed by atoms with van der Waals surface area (Å²) >= 11 is 0. The maximum atomic E-state index is 11.9. The fourth-order valence-electron chi connectivity index (χ4n) is 0.375. The first-order valence-corrected chi connectivity index (χ1v) is 2.70. The van der Waals surface area contributed by atoms with E-state index in [1.165, 1.54) is 0 Å². The Balaban J connectivity index is 5.18. The Morgan fingerprint density at radius 1 is 0.786 bits per heavy atom. The van der Waals surface area contributed by atoms with Gasteiger partial charge < -0.3 is 0 Å². The van der Waals surface area contributed by atoms with Crippen LogP contribution in [-0.4, -0.2) is 18.0 Å². The summed E-state index contributed by atoms with van der Waals surface area (Å²) in [4.78, 5) is 0. The minimum absolute atomic E-state index is 0.554. The molecule has 0 aliphatic heterocycles. The third-order valence-electron chi connectivity index (χ3n) is 1.00. The van der Waals surface area contributed by atoms with Gasteiger partial charge in [-0.25, -0.2) is 0 Å². The largest absolute Gasteiger partial charge is 0.460 e. The van der Waals surface area contributed by atoms with E-state index in [0.717, 1.165) is 0 Å². The zero-order valence-electron chi connectivity index (χ0n) is 5.90. The highest BCUT2D eigenvalue weighted by Crippen LogP contribution is 2.47. The molecule has 0 bridgehead atoms. The number of allylic oxidation sites excluding steroid dienone is 1. The van der Waals surface area contributed by atoms with Crippen LogP contribution < -0.4 is 0 Å². The minimum Gasteiger partial charge on any atom is -0.194 e. The molecule has 0 aromatic carbocycles. The van der Waals surface area contributed by atoms with Gasteiger partial charge in [0.2, 0.25) is 0 Å². The quantitative estimate of drug-likeness (QED) is 0.639. The predicted molar refractivity (Wildman–Crippen MR) is 24.9 cm³/mol. The van der Waals surface area contributed by atoms with Crippen LogP contribution in [0.15, 0.2) is 6.08 Å². The van der Waals surface area contributed by atoms with Crippen molar-refractivity contribution in [1.82, 2.24) is 0 Å². The van der Waals surface area contributed by atoms with E-state index in [4.69, 9.17) is 0 Å². The summed E-state index contributed by atoms with van der Waals surface area (Å²) in [5, 5.41) is 0. The van der Waals surface area contributed by atoms with Crippen LogP contribution in [0.3, 0.4) is 0 Å². The first kappa shape index (κ1) is 13.1. The normalized spacial score (nSPS) is 14.1. The van der Waals surface area contributed by atoms with Crippen molar-refractivity contribution >= 4 is 0 Å². The minimum atomic E-state index is -6.63. The van der Waals surface area contributed by atoms with Crippen LogP contribution in [0.1, 0.15) is 0 Å². The molecular formula is C5F9. The van der Waals surface area contributed by atoms with E-state index >= 15 is 0 Å². The molecule has 0 spiro atoms. The van der Waals surface area contributed by atoms with E-state index in [1.54, 1.807) is 0 Å². The lowest BCUT2D eigenvalue weighted by atomic mass is 10.1. The molecule has 9 heteroatoms. The Hall–Kier alpha value is -0.890. The summed E-state index contributed by atoms with van der Waals surface area (Å²) < 4.78 is 103. The molecule has 1 radical (unpaired) electrons. The van der Waals surface area contributed by atoms with Crippen LogP contribution in [0.25, 0.3) is 0 Å². The van der Waals surface area contributed by atoms with Crippen molar-refractivity contribution in [2.24, 2.45) is 0 Å². The highest BCUT2D eigenvalue weighted by molar-refractivity contribution is 5.00. The number of halogens is 9. The number of hydrogen-bond acceptors (Lipinski definition) is 0. The summed E-state index contributed by atoms with van der Waals surface area (Å²) in [5.74, 6) is -12.7. The maximum Gasteiger partial charge on any atom is 0.460 e. The average molecular weight is 231 g/mol. The number of alkyl halides is 7. The molecule has 0 aromatic rings. The van der Waals surface area contributed by atoms with Gasteiger partial charge in [-0.15, -0.1) is 0 Å². The van der Waals surface area contributed by atoms with Gasteiger partial charge in [0.15, 0.2) is 0 Å². The van der Waals surface area contributed by atoms with Crippen molar-refractivity contribution < 1.29 is 39.5 Å². The number of rotatable bonds is 2. The fraction of sp³-hybridized carbons (Fsp3) is 0.600. The van der Waals surface area contributed by atoms with Crippen molar-refractivity contribution in [2.45, 2.75) is 18.0 Å². The smallest absolute Gasteiger partial charge is 0.194 e. The third-order valence-corrected chi connectivity index (χ3v) is 1.00. The average Bonchev–Trinajstić information content (AvgIpc) is 1.80. The van der Waals surface area contributed by atoms with Crippen LogP contribution in [0.5, 0.6) is 0 Å². The molecule has 0 aromatic heterocycles. The third kappa shape index (κ3) is 2.32. The maximum absolute atomic E-state index is 11.9. The molecule has 0 unspecified atom stereocenters. The molecular weight excluding hydrogens is 231 g/mol. The van der Waals surface area contributed by atoms with Crippen molar-refractivity contribution in [2.75, 3.05) is 0 Å². The van der Waals surface area contributed by atoms with Crippen molar-refractivity contribution in [3.8, 4) is 0 Å². The fourth-order valence-corrected chi connectivity index (χ4v) is 0.375. The summed E-state index contributed by atoms with van der Waals surface area (Å²) in [6, 6.07) is 0. The molecule has 14 heavy (non-hydrogen) atoms. The Morgan fingerprint density at radius 3 is 1.36 bits per heavy atom. The Bertz CT molecular complexity index is 230. The van der Waals surface area contributed by atoms with Gasteiger partial charge in [-0.3, -0.25) is 0 Å². The molecule has 0 aliphatic rings. The van der Waals surface area contributed by atoms with Crippen molar-refractivity contribution in [3.63, 3.8) is 0 Å². The molecule has 0 nitrogen and oxygen atoms in total. The van der Waals surface area contributed by atoms with Crippen molar-refractivity contribution in [3.05, 3.63) is 12.2 Å². The van der Waals surface area contributed by atoms with Gasteiger partial charge in [0.25, 0.3) is 6.08 Å². The first-order chi connectivity index (χ1) is 5.92. The van der Waals surface area contributed by atoms with E-state index in [9.17, 15) is 39.5 Å². The topological polar surface area (TPSA) is 0 Å². The van der Waals surface area contributed by atoms with E-state index in [-0.39, 0.29) is 0 Å². The lowest BCUT2D eigenvalue weighted by Crippen LogP contribution is -2.51. The molecule has 0 aliphatic carbocycles. The predicted octanol–water partition coefficient (Wildman–Crippen LogP) is 3.40. The van der Waals surface area contributed by atoms with Gasteiger partial charge in [0.1, 0.15) is 6.08 Å². The first-order valence-electron chi connectivity index (χ1n) is 2.70. The molecule has 0 N–H and O–H groups in total. The second-order valence-electron chi connectivity index (χ2n) is 2.03. The monoisotopic (exact) mass is 231 g/mol. The zero-order valence-corrected chi connectivity index (χ0v) is 5.90. The van der Waals surface area contributed by atoms with Crippen molar-refractivity contribution in [1.29, 1.82) is 0 Å². The molecule has 0 amide bonds. The summed E-state index contributed by atoms with van der Waals surface area (Å²) in [6.45, 7) is 0. The molecule has 0 saturated carbocycles. The summed E-state index contributed by atoms with van der Waals surface area (Å²) in [5.41, 5.74) is 0. The zero-order chi connectivity index (χ0) is 11.8. The van der Waals surface area contributed by atoms with E-state index < -0.39 is 30.2 Å². The molecule has 0 saturated heterocycles. The van der Waals surface area contributed by atoms with Crippen LogP contribution in [0.2, 0.25) is 0 Å². The summed E-state index contributed by atoms with van der Waals surface area (Å²) in [7, 11) is 0. The SMILES string of the molecule is FC(F)=[C]C(F)(F)C(F)(F)C(F)(F)F. The van der Waals surface area contributed by atoms with Crippen LogP contribution in [0.4, 0.5) is 39.5 Å². The molecule has 83 valence electrons. The molecule has 0 fully saturated rings. The van der Waals surface area contributed by atoms with Crippen LogP contribution >= 0.6 is 0 Å².